The van der Waals surface area contributed by atoms with Crippen molar-refractivity contribution >= 4 is 11.9 Å². The molecule has 0 aliphatic heterocycles. The lowest BCUT2D eigenvalue weighted by Crippen LogP contribution is -2.17. The summed E-state index contributed by atoms with van der Waals surface area (Å²) in [6.45, 7) is 13.8. The molecule has 2 N–H and O–H groups in total. The normalized spacial score (nSPS) is 9.10. The van der Waals surface area contributed by atoms with Gasteiger partial charge in [0.1, 0.15) is 6.61 Å². The van der Waals surface area contributed by atoms with E-state index in [1.807, 2.05) is 6.92 Å². The molecule has 6 nitrogen and oxygen atoms in total. The molecule has 0 saturated carbocycles. The summed E-state index contributed by atoms with van der Waals surface area (Å²) in [7, 11) is 1.79. The SMILES string of the molecule is C=C(C)C(=O)OCCCNCC.C=CC(=O)OCCNC. The molecule has 0 rings (SSSR count). The van der Waals surface area contributed by atoms with Gasteiger partial charge in [-0.15, -0.1) is 0 Å². The minimum Gasteiger partial charge on any atom is -0.462 e. The molecule has 0 spiro atoms. The second-order valence-electron chi connectivity index (χ2n) is 4.10. The zero-order chi connectivity index (χ0) is 16.5. The third-order valence-corrected chi connectivity index (χ3v) is 2.09. The van der Waals surface area contributed by atoms with E-state index in [9.17, 15) is 9.59 Å². The Kier molecular flexibility index (Phi) is 16.9. The highest BCUT2D eigenvalue weighted by Crippen LogP contribution is 1.92. The molecule has 0 aromatic heterocycles. The number of ether oxygens (including phenoxy) is 2. The zero-order valence-electron chi connectivity index (χ0n) is 13.4. The molecule has 0 saturated heterocycles. The Labute approximate surface area is 127 Å². The number of esters is 2. The number of likely N-dealkylation sites (N-methyl/N-ethyl adjacent to an activating group) is 1. The van der Waals surface area contributed by atoms with Crippen LogP contribution in [0.4, 0.5) is 0 Å². The maximum atomic E-state index is 10.8. The molecule has 0 amide bonds. The van der Waals surface area contributed by atoms with Crippen LogP contribution in [0.2, 0.25) is 0 Å². The van der Waals surface area contributed by atoms with Crippen molar-refractivity contribution in [1.82, 2.24) is 10.6 Å². The van der Waals surface area contributed by atoms with Gasteiger partial charge in [-0.25, -0.2) is 9.59 Å². The standard InChI is InChI=1S/C9H17NO2.C6H11NO2/c1-4-10-6-5-7-12-9(11)8(2)3;1-3-6(8)9-5-4-7-2/h10H,2,4-7H2,1,3H3;3,7H,1,4-5H2,2H3. The van der Waals surface area contributed by atoms with Crippen molar-refractivity contribution in [2.24, 2.45) is 0 Å². The van der Waals surface area contributed by atoms with Crippen molar-refractivity contribution in [2.75, 3.05) is 39.9 Å². The van der Waals surface area contributed by atoms with Gasteiger partial charge in [0.15, 0.2) is 0 Å². The van der Waals surface area contributed by atoms with Crippen LogP contribution in [0.15, 0.2) is 24.8 Å². The third-order valence-electron chi connectivity index (χ3n) is 2.09. The van der Waals surface area contributed by atoms with E-state index < -0.39 is 0 Å². The summed E-state index contributed by atoms with van der Waals surface area (Å²) in [6, 6.07) is 0. The summed E-state index contributed by atoms with van der Waals surface area (Å²) in [5.74, 6) is -0.670. The lowest BCUT2D eigenvalue weighted by Gasteiger charge is -2.03. The molecular weight excluding hydrogens is 272 g/mol. The highest BCUT2D eigenvalue weighted by molar-refractivity contribution is 5.86. The fourth-order valence-electron chi connectivity index (χ4n) is 0.975. The Morgan fingerprint density at radius 3 is 2.33 bits per heavy atom. The van der Waals surface area contributed by atoms with Crippen LogP contribution >= 0.6 is 0 Å². The highest BCUT2D eigenvalue weighted by atomic mass is 16.5. The van der Waals surface area contributed by atoms with Gasteiger partial charge >= 0.3 is 11.9 Å². The monoisotopic (exact) mass is 300 g/mol. The molecule has 0 bridgehead atoms. The first-order valence-corrected chi connectivity index (χ1v) is 6.96. The van der Waals surface area contributed by atoms with Gasteiger partial charge in [0.2, 0.25) is 0 Å². The van der Waals surface area contributed by atoms with Gasteiger partial charge in [-0.1, -0.05) is 20.1 Å². The van der Waals surface area contributed by atoms with Gasteiger partial charge in [0, 0.05) is 18.2 Å². The Morgan fingerprint density at radius 1 is 1.19 bits per heavy atom. The minimum absolute atomic E-state index is 0.300. The molecule has 0 aliphatic carbocycles. The van der Waals surface area contributed by atoms with Crippen LogP contribution in [0.3, 0.4) is 0 Å². The van der Waals surface area contributed by atoms with Gasteiger partial charge < -0.3 is 20.1 Å². The van der Waals surface area contributed by atoms with Crippen LogP contribution in [-0.4, -0.2) is 51.8 Å². The van der Waals surface area contributed by atoms with Gasteiger partial charge in [-0.3, -0.25) is 0 Å². The van der Waals surface area contributed by atoms with Crippen LogP contribution in [0.5, 0.6) is 0 Å². The molecule has 21 heavy (non-hydrogen) atoms. The van der Waals surface area contributed by atoms with E-state index in [-0.39, 0.29) is 11.9 Å². The fraction of sp³-hybridized carbons (Fsp3) is 0.600. The van der Waals surface area contributed by atoms with Gasteiger partial charge in [-0.2, -0.15) is 0 Å². The largest absolute Gasteiger partial charge is 0.462 e. The topological polar surface area (TPSA) is 76.7 Å². The summed E-state index contributed by atoms with van der Waals surface area (Å²) in [5, 5.41) is 5.97. The van der Waals surface area contributed by atoms with Crippen LogP contribution < -0.4 is 10.6 Å². The molecule has 122 valence electrons. The maximum absolute atomic E-state index is 10.8. The lowest BCUT2D eigenvalue weighted by molar-refractivity contribution is -0.139. The average molecular weight is 300 g/mol. The van der Waals surface area contributed by atoms with E-state index in [1.54, 1.807) is 14.0 Å². The van der Waals surface area contributed by atoms with E-state index in [4.69, 9.17) is 4.74 Å². The minimum atomic E-state index is -0.370. The molecule has 0 fully saturated rings. The van der Waals surface area contributed by atoms with Crippen molar-refractivity contribution in [1.29, 1.82) is 0 Å². The summed E-state index contributed by atoms with van der Waals surface area (Å²) < 4.78 is 9.48. The van der Waals surface area contributed by atoms with Crippen molar-refractivity contribution in [3.05, 3.63) is 24.8 Å². The Hall–Kier alpha value is -1.66. The summed E-state index contributed by atoms with van der Waals surface area (Å²) in [6.07, 6.45) is 2.00. The van der Waals surface area contributed by atoms with Crippen LogP contribution in [0.1, 0.15) is 20.3 Å². The maximum Gasteiger partial charge on any atom is 0.333 e. The molecule has 0 aromatic rings. The number of carbonyl (C=O) groups excluding carboxylic acids is 2. The fourth-order valence-corrected chi connectivity index (χ4v) is 0.975. The van der Waals surface area contributed by atoms with E-state index in [1.165, 1.54) is 0 Å². The predicted molar refractivity (Wildman–Crippen MR) is 84.0 cm³/mol. The lowest BCUT2D eigenvalue weighted by atomic mass is 10.3. The summed E-state index contributed by atoms with van der Waals surface area (Å²) >= 11 is 0. The van der Waals surface area contributed by atoms with Crippen molar-refractivity contribution in [3.63, 3.8) is 0 Å². The second-order valence-corrected chi connectivity index (χ2v) is 4.10. The van der Waals surface area contributed by atoms with Crippen LogP contribution in [0.25, 0.3) is 0 Å². The van der Waals surface area contributed by atoms with E-state index in [0.717, 1.165) is 25.6 Å². The van der Waals surface area contributed by atoms with Gasteiger partial charge in [0.05, 0.1) is 6.61 Å². The zero-order valence-corrected chi connectivity index (χ0v) is 13.4. The molecule has 6 heteroatoms. The predicted octanol–water partition coefficient (Wildman–Crippen LogP) is 1.04. The number of rotatable bonds is 10. The second kappa shape index (κ2) is 16.4. The molecule has 0 aromatic carbocycles. The highest BCUT2D eigenvalue weighted by Gasteiger charge is 2.00. The van der Waals surface area contributed by atoms with Gasteiger partial charge in [-0.05, 0) is 33.5 Å². The number of nitrogens with one attached hydrogen (secondary N) is 2. The van der Waals surface area contributed by atoms with Crippen molar-refractivity contribution in [2.45, 2.75) is 20.3 Å². The molecule has 0 radical (unpaired) electrons. The Morgan fingerprint density at radius 2 is 1.86 bits per heavy atom. The van der Waals surface area contributed by atoms with Crippen molar-refractivity contribution < 1.29 is 19.1 Å². The molecule has 0 aliphatic rings. The number of hydrogen-bond acceptors (Lipinski definition) is 6. The Bertz CT molecular complexity index is 317. The van der Waals surface area contributed by atoms with Crippen molar-refractivity contribution in [3.8, 4) is 0 Å². The molecule has 0 atom stereocenters. The Balaban J connectivity index is 0. The summed E-state index contributed by atoms with van der Waals surface area (Å²) in [5.41, 5.74) is 0.457. The smallest absolute Gasteiger partial charge is 0.333 e. The van der Waals surface area contributed by atoms with E-state index in [0.29, 0.717) is 25.3 Å². The first-order valence-electron chi connectivity index (χ1n) is 6.96. The summed E-state index contributed by atoms with van der Waals surface area (Å²) in [4.78, 5) is 21.2. The number of hydrogen-bond donors (Lipinski definition) is 2. The molecule has 0 heterocycles. The number of carbonyl (C=O) groups is 2. The first kappa shape index (κ1) is 21.6. The van der Waals surface area contributed by atoms with E-state index >= 15 is 0 Å². The third kappa shape index (κ3) is 18.3. The van der Waals surface area contributed by atoms with E-state index in [2.05, 4.69) is 28.5 Å². The quantitative estimate of drug-likeness (QED) is 0.357. The first-order chi connectivity index (χ1) is 9.99. The van der Waals surface area contributed by atoms with Gasteiger partial charge in [0.25, 0.3) is 0 Å². The van der Waals surface area contributed by atoms with Crippen LogP contribution in [-0.2, 0) is 19.1 Å². The van der Waals surface area contributed by atoms with Crippen LogP contribution in [0, 0.1) is 0 Å². The molecular formula is C15H28N2O4. The molecule has 0 unspecified atom stereocenters. The average Bonchev–Trinajstić information content (AvgIpc) is 2.47.